The minimum Gasteiger partial charge on any atom is -0.337 e. The van der Waals surface area contributed by atoms with Crippen LogP contribution < -0.4 is 10.6 Å². The lowest BCUT2D eigenvalue weighted by molar-refractivity contribution is 0.217. The average molecular weight is 302 g/mol. The number of rotatable bonds is 4. The molecule has 0 aliphatic heterocycles. The number of carbonyl (C=O) groups is 1. The molecule has 2 amide bonds. The molecule has 6 heteroatoms. The molecule has 4 nitrogen and oxygen atoms in total. The summed E-state index contributed by atoms with van der Waals surface area (Å²) in [4.78, 5) is 14.3. The second-order valence-electron chi connectivity index (χ2n) is 4.95. The summed E-state index contributed by atoms with van der Waals surface area (Å²) in [5.41, 5.74) is 1.35. The molecule has 2 rings (SSSR count). The fourth-order valence-corrected chi connectivity index (χ4v) is 3.69. The maximum Gasteiger partial charge on any atom is 0.316 e. The van der Waals surface area contributed by atoms with Crippen LogP contribution in [-0.2, 0) is 6.42 Å². The second kappa shape index (κ2) is 6.59. The SMILES string of the molecule is CN(C)C(=O)NCCNC1CCCc2sc(Cl)cc21. The van der Waals surface area contributed by atoms with E-state index >= 15 is 0 Å². The van der Waals surface area contributed by atoms with Gasteiger partial charge in [-0.15, -0.1) is 11.3 Å². The van der Waals surface area contributed by atoms with Gasteiger partial charge in [0.15, 0.2) is 0 Å². The van der Waals surface area contributed by atoms with E-state index in [4.69, 9.17) is 11.6 Å². The number of hydrogen-bond acceptors (Lipinski definition) is 3. The lowest BCUT2D eigenvalue weighted by Crippen LogP contribution is -2.39. The summed E-state index contributed by atoms with van der Waals surface area (Å²) in [5, 5.41) is 6.35. The molecular weight excluding hydrogens is 282 g/mol. The van der Waals surface area contributed by atoms with Crippen LogP contribution in [0, 0.1) is 0 Å². The van der Waals surface area contributed by atoms with E-state index in [1.54, 1.807) is 25.4 Å². The number of halogens is 1. The van der Waals surface area contributed by atoms with Crippen molar-refractivity contribution in [3.63, 3.8) is 0 Å². The molecule has 106 valence electrons. The van der Waals surface area contributed by atoms with E-state index in [9.17, 15) is 4.79 Å². The number of urea groups is 1. The normalized spacial score (nSPS) is 17.9. The molecule has 1 aliphatic rings. The summed E-state index contributed by atoms with van der Waals surface area (Å²) >= 11 is 7.77. The first-order valence-electron chi connectivity index (χ1n) is 6.54. The first kappa shape index (κ1) is 14.6. The van der Waals surface area contributed by atoms with E-state index < -0.39 is 0 Å². The molecule has 1 aromatic rings. The number of nitrogens with one attached hydrogen (secondary N) is 2. The van der Waals surface area contributed by atoms with Crippen LogP contribution in [0.2, 0.25) is 4.34 Å². The topological polar surface area (TPSA) is 44.4 Å². The molecule has 1 atom stereocenters. The van der Waals surface area contributed by atoms with Gasteiger partial charge in [-0.05, 0) is 30.9 Å². The maximum atomic E-state index is 11.4. The summed E-state index contributed by atoms with van der Waals surface area (Å²) in [6.45, 7) is 1.41. The molecule has 0 radical (unpaired) electrons. The van der Waals surface area contributed by atoms with Gasteiger partial charge in [-0.25, -0.2) is 4.79 Å². The van der Waals surface area contributed by atoms with Crippen LogP contribution in [0.4, 0.5) is 4.79 Å². The number of carbonyl (C=O) groups excluding carboxylic acids is 1. The third-order valence-corrected chi connectivity index (χ3v) is 4.62. The predicted molar refractivity (Wildman–Crippen MR) is 80.1 cm³/mol. The zero-order valence-electron chi connectivity index (χ0n) is 11.3. The molecule has 2 N–H and O–H groups in total. The fraction of sp³-hybridized carbons (Fsp3) is 0.615. The van der Waals surface area contributed by atoms with Gasteiger partial charge in [0.1, 0.15) is 0 Å². The van der Waals surface area contributed by atoms with Crippen molar-refractivity contribution in [3.05, 3.63) is 20.8 Å². The van der Waals surface area contributed by atoms with Crippen LogP contribution in [0.25, 0.3) is 0 Å². The highest BCUT2D eigenvalue weighted by Crippen LogP contribution is 2.37. The van der Waals surface area contributed by atoms with Gasteiger partial charge in [0.2, 0.25) is 0 Å². The van der Waals surface area contributed by atoms with E-state index in [-0.39, 0.29) is 6.03 Å². The highest BCUT2D eigenvalue weighted by atomic mass is 35.5. The quantitative estimate of drug-likeness (QED) is 0.840. The van der Waals surface area contributed by atoms with Gasteiger partial charge < -0.3 is 15.5 Å². The number of nitrogens with zero attached hydrogens (tertiary/aromatic N) is 1. The van der Waals surface area contributed by atoms with Crippen LogP contribution in [0.1, 0.15) is 29.3 Å². The summed E-state index contributed by atoms with van der Waals surface area (Å²) in [6, 6.07) is 2.41. The number of amides is 2. The Labute approximate surface area is 123 Å². The van der Waals surface area contributed by atoms with Gasteiger partial charge in [-0.3, -0.25) is 0 Å². The Morgan fingerprint density at radius 1 is 1.53 bits per heavy atom. The van der Waals surface area contributed by atoms with Crippen LogP contribution in [0.15, 0.2) is 6.07 Å². The van der Waals surface area contributed by atoms with Gasteiger partial charge >= 0.3 is 6.03 Å². The van der Waals surface area contributed by atoms with Crippen LogP contribution in [0.3, 0.4) is 0 Å². The standard InChI is InChI=1S/C13H20ClN3OS/c1-17(2)13(18)16-7-6-15-10-4-3-5-11-9(10)8-12(14)19-11/h8,10,15H,3-7H2,1-2H3,(H,16,18). The fourth-order valence-electron chi connectivity index (χ4n) is 2.31. The average Bonchev–Trinajstić information content (AvgIpc) is 2.75. The summed E-state index contributed by atoms with van der Waals surface area (Å²) < 4.78 is 0.875. The van der Waals surface area contributed by atoms with E-state index in [1.165, 1.54) is 21.8 Å². The van der Waals surface area contributed by atoms with Crippen molar-refractivity contribution in [1.29, 1.82) is 0 Å². The van der Waals surface area contributed by atoms with Gasteiger partial charge in [-0.1, -0.05) is 11.6 Å². The molecule has 0 fully saturated rings. The van der Waals surface area contributed by atoms with Crippen molar-refractivity contribution in [2.24, 2.45) is 0 Å². The molecular formula is C13H20ClN3OS. The summed E-state index contributed by atoms with van der Waals surface area (Å²) in [5.74, 6) is 0. The molecule has 0 spiro atoms. The van der Waals surface area contributed by atoms with Crippen LogP contribution in [0.5, 0.6) is 0 Å². The van der Waals surface area contributed by atoms with Gasteiger partial charge in [-0.2, -0.15) is 0 Å². The zero-order valence-corrected chi connectivity index (χ0v) is 12.9. The lowest BCUT2D eigenvalue weighted by atomic mass is 9.94. The third-order valence-electron chi connectivity index (χ3n) is 3.28. The number of hydrogen-bond donors (Lipinski definition) is 2. The van der Waals surface area contributed by atoms with Crippen molar-refractivity contribution < 1.29 is 4.79 Å². The Bertz CT molecular complexity index is 447. The van der Waals surface area contributed by atoms with E-state index in [2.05, 4.69) is 16.7 Å². The Morgan fingerprint density at radius 2 is 2.32 bits per heavy atom. The largest absolute Gasteiger partial charge is 0.337 e. The smallest absolute Gasteiger partial charge is 0.316 e. The number of fused-ring (bicyclic) bond motifs is 1. The van der Waals surface area contributed by atoms with Crippen molar-refractivity contribution in [2.75, 3.05) is 27.2 Å². The summed E-state index contributed by atoms with van der Waals surface area (Å²) in [7, 11) is 3.48. The molecule has 0 bridgehead atoms. The van der Waals surface area contributed by atoms with Crippen molar-refractivity contribution in [1.82, 2.24) is 15.5 Å². The first-order valence-corrected chi connectivity index (χ1v) is 7.74. The van der Waals surface area contributed by atoms with Crippen LogP contribution in [-0.4, -0.2) is 38.1 Å². The Morgan fingerprint density at radius 3 is 3.05 bits per heavy atom. The third kappa shape index (κ3) is 3.84. The second-order valence-corrected chi connectivity index (χ2v) is 6.72. The van der Waals surface area contributed by atoms with E-state index in [1.807, 2.05) is 0 Å². The molecule has 1 heterocycles. The maximum absolute atomic E-state index is 11.4. The highest BCUT2D eigenvalue weighted by molar-refractivity contribution is 7.16. The molecule has 1 unspecified atom stereocenters. The Kier molecular flexibility index (Phi) is 5.07. The Hall–Kier alpha value is -0.780. The zero-order chi connectivity index (χ0) is 13.8. The number of aryl methyl sites for hydroxylation is 1. The number of thiophene rings is 1. The molecule has 1 aliphatic carbocycles. The van der Waals surface area contributed by atoms with Gasteiger partial charge in [0.25, 0.3) is 0 Å². The molecule has 0 aromatic carbocycles. The molecule has 0 saturated carbocycles. The van der Waals surface area contributed by atoms with Crippen molar-refractivity contribution in [3.8, 4) is 0 Å². The molecule has 19 heavy (non-hydrogen) atoms. The minimum absolute atomic E-state index is 0.0512. The van der Waals surface area contributed by atoms with Crippen molar-refractivity contribution >= 4 is 29.0 Å². The van der Waals surface area contributed by atoms with E-state index in [0.717, 1.165) is 23.7 Å². The first-order chi connectivity index (χ1) is 9.08. The highest BCUT2D eigenvalue weighted by Gasteiger charge is 2.22. The van der Waals surface area contributed by atoms with Gasteiger partial charge in [0.05, 0.1) is 4.34 Å². The van der Waals surface area contributed by atoms with Crippen molar-refractivity contribution in [2.45, 2.75) is 25.3 Å². The molecule has 0 saturated heterocycles. The molecule has 1 aromatic heterocycles. The predicted octanol–water partition coefficient (Wildman–Crippen LogP) is 2.64. The lowest BCUT2D eigenvalue weighted by Gasteiger charge is -2.24. The van der Waals surface area contributed by atoms with Gasteiger partial charge in [0, 0.05) is 38.1 Å². The van der Waals surface area contributed by atoms with Crippen LogP contribution >= 0.6 is 22.9 Å². The van der Waals surface area contributed by atoms with E-state index in [0.29, 0.717) is 12.6 Å². The summed E-state index contributed by atoms with van der Waals surface area (Å²) in [6.07, 6.45) is 3.48. The monoisotopic (exact) mass is 301 g/mol. The minimum atomic E-state index is -0.0512. The Balaban J connectivity index is 1.80.